The topological polar surface area (TPSA) is 102 Å². The van der Waals surface area contributed by atoms with Gasteiger partial charge in [-0.2, -0.15) is 0 Å². The number of amides is 1. The Morgan fingerprint density at radius 3 is 2.03 bits per heavy atom. The van der Waals surface area contributed by atoms with Crippen molar-refractivity contribution in [2.24, 2.45) is 0 Å². The van der Waals surface area contributed by atoms with Crippen LogP contribution in [0, 0.1) is 0 Å². The van der Waals surface area contributed by atoms with E-state index in [0.717, 1.165) is 5.56 Å². The Morgan fingerprint density at radius 2 is 1.44 bits per heavy atom. The highest BCUT2D eigenvalue weighted by molar-refractivity contribution is 7.91. The van der Waals surface area contributed by atoms with E-state index in [1.165, 1.54) is 19.2 Å². The van der Waals surface area contributed by atoms with Crippen LogP contribution in [-0.4, -0.2) is 27.4 Å². The van der Waals surface area contributed by atoms with Gasteiger partial charge in [0.1, 0.15) is 0 Å². The highest BCUT2D eigenvalue weighted by Gasteiger charge is 2.16. The predicted octanol–water partition coefficient (Wildman–Crippen LogP) is 4.96. The summed E-state index contributed by atoms with van der Waals surface area (Å²) < 4.78 is 32.4. The number of ether oxygens (including phenoxy) is 1. The standard InChI is InChI=1S/C26H28N2O5S/c1-26(2,3)21-14-12-19(13-15-21)24(29)27-22-6-5-7-23(16-22)28-34(31,32)17-18-8-10-20(11-9-18)25(30)33-4/h5-16,28H,17H2,1-4H3,(H,27,29). The maximum Gasteiger partial charge on any atom is 0.337 e. The van der Waals surface area contributed by atoms with Crippen LogP contribution in [0.4, 0.5) is 11.4 Å². The molecule has 3 rings (SSSR count). The third-order valence-corrected chi connectivity index (χ3v) is 6.40. The van der Waals surface area contributed by atoms with E-state index in [1.54, 1.807) is 48.5 Å². The lowest BCUT2D eigenvalue weighted by Crippen LogP contribution is -2.16. The van der Waals surface area contributed by atoms with E-state index in [1.807, 2.05) is 12.1 Å². The molecule has 0 heterocycles. The molecule has 8 heteroatoms. The number of esters is 1. The van der Waals surface area contributed by atoms with Crippen molar-refractivity contribution in [2.75, 3.05) is 17.1 Å². The quantitative estimate of drug-likeness (QED) is 0.465. The number of rotatable bonds is 7. The van der Waals surface area contributed by atoms with Crippen molar-refractivity contribution < 1.29 is 22.7 Å². The number of methoxy groups -OCH3 is 1. The molecule has 2 N–H and O–H groups in total. The molecule has 0 fully saturated rings. The van der Waals surface area contributed by atoms with Crippen molar-refractivity contribution in [3.63, 3.8) is 0 Å². The zero-order valence-electron chi connectivity index (χ0n) is 19.6. The number of nitrogens with one attached hydrogen (secondary N) is 2. The van der Waals surface area contributed by atoms with Crippen LogP contribution in [0.1, 0.15) is 52.6 Å². The summed E-state index contributed by atoms with van der Waals surface area (Å²) in [6.07, 6.45) is 0. The molecular formula is C26H28N2O5S. The first-order valence-electron chi connectivity index (χ1n) is 10.7. The van der Waals surface area contributed by atoms with Crippen molar-refractivity contribution >= 4 is 33.3 Å². The average molecular weight is 481 g/mol. The first-order valence-corrected chi connectivity index (χ1v) is 12.3. The van der Waals surface area contributed by atoms with Crippen molar-refractivity contribution in [2.45, 2.75) is 31.9 Å². The number of hydrogen-bond acceptors (Lipinski definition) is 5. The minimum atomic E-state index is -3.72. The third-order valence-electron chi connectivity index (χ3n) is 5.14. The Bertz CT molecular complexity index is 1280. The molecule has 0 atom stereocenters. The molecule has 0 bridgehead atoms. The predicted molar refractivity (Wildman–Crippen MR) is 134 cm³/mol. The van der Waals surface area contributed by atoms with Crippen LogP contribution >= 0.6 is 0 Å². The molecule has 0 aliphatic rings. The maximum atomic E-state index is 12.6. The van der Waals surface area contributed by atoms with Gasteiger partial charge in [0.05, 0.1) is 24.1 Å². The summed E-state index contributed by atoms with van der Waals surface area (Å²) in [5.41, 5.74) is 3.27. The van der Waals surface area contributed by atoms with Crippen molar-refractivity contribution in [1.29, 1.82) is 0 Å². The molecule has 3 aromatic rings. The molecule has 34 heavy (non-hydrogen) atoms. The summed E-state index contributed by atoms with van der Waals surface area (Å²) in [5.74, 6) is -1.05. The van der Waals surface area contributed by atoms with Gasteiger partial charge in [0.25, 0.3) is 5.91 Å². The molecule has 0 aliphatic heterocycles. The minimum absolute atomic E-state index is 0.0100. The van der Waals surface area contributed by atoms with Crippen LogP contribution in [0.15, 0.2) is 72.8 Å². The van der Waals surface area contributed by atoms with E-state index >= 15 is 0 Å². The van der Waals surface area contributed by atoms with Gasteiger partial charge in [-0.3, -0.25) is 9.52 Å². The van der Waals surface area contributed by atoms with E-state index in [0.29, 0.717) is 28.1 Å². The molecule has 178 valence electrons. The Kier molecular flexibility index (Phi) is 7.41. The van der Waals surface area contributed by atoms with Gasteiger partial charge in [-0.25, -0.2) is 13.2 Å². The maximum absolute atomic E-state index is 12.6. The zero-order chi connectivity index (χ0) is 24.9. The van der Waals surface area contributed by atoms with Crippen LogP contribution in [0.3, 0.4) is 0 Å². The summed E-state index contributed by atoms with van der Waals surface area (Å²) in [5, 5.41) is 2.80. The largest absolute Gasteiger partial charge is 0.465 e. The third kappa shape index (κ3) is 6.68. The lowest BCUT2D eigenvalue weighted by atomic mass is 9.87. The summed E-state index contributed by atoms with van der Waals surface area (Å²) in [6.45, 7) is 6.31. The molecular weight excluding hydrogens is 452 g/mol. The van der Waals surface area contributed by atoms with Gasteiger partial charge in [0, 0.05) is 11.3 Å². The van der Waals surface area contributed by atoms with E-state index < -0.39 is 16.0 Å². The van der Waals surface area contributed by atoms with Crippen LogP contribution in [0.25, 0.3) is 0 Å². The SMILES string of the molecule is COC(=O)c1ccc(CS(=O)(=O)Nc2cccc(NC(=O)c3ccc(C(C)(C)C)cc3)c2)cc1. The van der Waals surface area contributed by atoms with Crippen LogP contribution in [0.5, 0.6) is 0 Å². The normalized spacial score (nSPS) is 11.5. The highest BCUT2D eigenvalue weighted by atomic mass is 32.2. The molecule has 0 aromatic heterocycles. The van der Waals surface area contributed by atoms with Gasteiger partial charge >= 0.3 is 5.97 Å². The van der Waals surface area contributed by atoms with Crippen molar-refractivity contribution in [1.82, 2.24) is 0 Å². The van der Waals surface area contributed by atoms with Crippen molar-refractivity contribution in [3.8, 4) is 0 Å². The van der Waals surface area contributed by atoms with Gasteiger partial charge in [-0.15, -0.1) is 0 Å². The Hall–Kier alpha value is -3.65. The second-order valence-corrected chi connectivity index (χ2v) is 10.6. The fourth-order valence-electron chi connectivity index (χ4n) is 3.28. The number of carbonyl (C=O) groups excluding carboxylic acids is 2. The van der Waals surface area contributed by atoms with Crippen molar-refractivity contribution in [3.05, 3.63) is 95.1 Å². The fourth-order valence-corrected chi connectivity index (χ4v) is 4.46. The first kappa shape index (κ1) is 25.0. The molecule has 0 radical (unpaired) electrons. The number of carbonyl (C=O) groups is 2. The second-order valence-electron chi connectivity index (χ2n) is 8.91. The minimum Gasteiger partial charge on any atom is -0.465 e. The Balaban J connectivity index is 1.66. The average Bonchev–Trinajstić information content (AvgIpc) is 2.78. The van der Waals surface area contributed by atoms with E-state index in [2.05, 4.69) is 35.5 Å². The summed E-state index contributed by atoms with van der Waals surface area (Å²) in [6, 6.07) is 20.1. The number of benzene rings is 3. The molecule has 0 unspecified atom stereocenters. The number of anilines is 2. The molecule has 1 amide bonds. The van der Waals surface area contributed by atoms with Gasteiger partial charge in [0.15, 0.2) is 0 Å². The summed E-state index contributed by atoms with van der Waals surface area (Å²) in [4.78, 5) is 24.1. The van der Waals surface area contributed by atoms with Gasteiger partial charge < -0.3 is 10.1 Å². The summed E-state index contributed by atoms with van der Waals surface area (Å²) in [7, 11) is -2.44. The molecule has 7 nitrogen and oxygen atoms in total. The second kappa shape index (κ2) is 10.1. The Labute approximate surface area is 200 Å². The molecule has 0 saturated heterocycles. The monoisotopic (exact) mass is 480 g/mol. The van der Waals surface area contributed by atoms with Gasteiger partial charge in [-0.05, 0) is 59.0 Å². The van der Waals surface area contributed by atoms with E-state index in [-0.39, 0.29) is 17.1 Å². The van der Waals surface area contributed by atoms with Crippen LogP contribution in [-0.2, 0) is 25.9 Å². The smallest absolute Gasteiger partial charge is 0.337 e. The Morgan fingerprint density at radius 1 is 0.853 bits per heavy atom. The molecule has 0 saturated carbocycles. The van der Waals surface area contributed by atoms with Crippen LogP contribution < -0.4 is 10.0 Å². The van der Waals surface area contributed by atoms with Gasteiger partial charge in [0.2, 0.25) is 10.0 Å². The first-order chi connectivity index (χ1) is 16.0. The lowest BCUT2D eigenvalue weighted by Gasteiger charge is -2.19. The molecule has 3 aromatic carbocycles. The van der Waals surface area contributed by atoms with E-state index in [4.69, 9.17) is 0 Å². The van der Waals surface area contributed by atoms with E-state index in [9.17, 15) is 18.0 Å². The van der Waals surface area contributed by atoms with Crippen LogP contribution in [0.2, 0.25) is 0 Å². The lowest BCUT2D eigenvalue weighted by molar-refractivity contribution is 0.0600. The highest BCUT2D eigenvalue weighted by Crippen LogP contribution is 2.23. The molecule has 0 aliphatic carbocycles. The number of sulfonamides is 1. The zero-order valence-corrected chi connectivity index (χ0v) is 20.4. The fraction of sp³-hybridized carbons (Fsp3) is 0.231. The molecule has 0 spiro atoms. The van der Waals surface area contributed by atoms with Gasteiger partial charge in [-0.1, -0.05) is 51.1 Å². The number of hydrogen-bond donors (Lipinski definition) is 2. The summed E-state index contributed by atoms with van der Waals surface area (Å²) >= 11 is 0.